The molecule has 0 saturated carbocycles. The van der Waals surface area contributed by atoms with E-state index in [0.717, 1.165) is 13.1 Å². The van der Waals surface area contributed by atoms with Crippen molar-refractivity contribution in [3.63, 3.8) is 0 Å². The Bertz CT molecular complexity index is 239. The maximum Gasteiger partial charge on any atom is 0.305 e. The standard InChI is InChI=1S/C10H18N2O3/c1-2-8(4-10(14)15)12-9(13)3-7-5-11-6-7/h7-8,11H,2-6H2,1H3,(H,12,13)(H,14,15). The first-order valence-corrected chi connectivity index (χ1v) is 5.33. The van der Waals surface area contributed by atoms with Gasteiger partial charge < -0.3 is 15.7 Å². The summed E-state index contributed by atoms with van der Waals surface area (Å²) in [5.74, 6) is -0.477. The minimum Gasteiger partial charge on any atom is -0.481 e. The average molecular weight is 214 g/mol. The largest absolute Gasteiger partial charge is 0.481 e. The summed E-state index contributed by atoms with van der Waals surface area (Å²) in [6.07, 6.45) is 1.16. The fourth-order valence-corrected chi connectivity index (χ4v) is 1.55. The number of carboxylic acid groups (broad SMARTS) is 1. The molecule has 3 N–H and O–H groups in total. The van der Waals surface area contributed by atoms with Gasteiger partial charge in [0.1, 0.15) is 0 Å². The zero-order valence-corrected chi connectivity index (χ0v) is 8.95. The zero-order valence-electron chi connectivity index (χ0n) is 8.95. The van der Waals surface area contributed by atoms with Crippen LogP contribution in [-0.4, -0.2) is 36.1 Å². The highest BCUT2D eigenvalue weighted by atomic mass is 16.4. The molecule has 1 fully saturated rings. The van der Waals surface area contributed by atoms with Crippen LogP contribution in [0.5, 0.6) is 0 Å². The minimum absolute atomic E-state index is 0.00512. The molecule has 0 aromatic heterocycles. The molecular formula is C10H18N2O3. The van der Waals surface area contributed by atoms with Crippen LogP contribution in [-0.2, 0) is 9.59 Å². The molecule has 0 aromatic carbocycles. The number of aliphatic carboxylic acids is 1. The van der Waals surface area contributed by atoms with Crippen molar-refractivity contribution < 1.29 is 14.7 Å². The van der Waals surface area contributed by atoms with Crippen LogP contribution >= 0.6 is 0 Å². The molecule has 86 valence electrons. The number of nitrogens with one attached hydrogen (secondary N) is 2. The summed E-state index contributed by atoms with van der Waals surface area (Å²) in [4.78, 5) is 21.9. The maximum absolute atomic E-state index is 11.5. The van der Waals surface area contributed by atoms with Gasteiger partial charge in [0.2, 0.25) is 5.91 Å². The SMILES string of the molecule is CCC(CC(=O)O)NC(=O)CC1CNC1. The number of carbonyl (C=O) groups excluding carboxylic acids is 1. The highest BCUT2D eigenvalue weighted by Gasteiger charge is 2.21. The Kier molecular flexibility index (Phi) is 4.55. The second-order valence-electron chi connectivity index (χ2n) is 4.00. The lowest BCUT2D eigenvalue weighted by Gasteiger charge is -2.27. The van der Waals surface area contributed by atoms with E-state index in [1.807, 2.05) is 6.92 Å². The number of rotatable bonds is 6. The summed E-state index contributed by atoms with van der Waals surface area (Å²) >= 11 is 0. The van der Waals surface area contributed by atoms with E-state index < -0.39 is 5.97 Å². The van der Waals surface area contributed by atoms with Crippen LogP contribution in [0.25, 0.3) is 0 Å². The van der Waals surface area contributed by atoms with E-state index in [4.69, 9.17) is 5.11 Å². The topological polar surface area (TPSA) is 78.4 Å². The van der Waals surface area contributed by atoms with Gasteiger partial charge in [-0.05, 0) is 25.4 Å². The Morgan fingerprint density at radius 3 is 2.60 bits per heavy atom. The molecule has 1 rings (SSSR count). The van der Waals surface area contributed by atoms with Crippen molar-refractivity contribution in [3.8, 4) is 0 Å². The summed E-state index contributed by atoms with van der Waals surface area (Å²) in [5.41, 5.74) is 0. The first-order valence-electron chi connectivity index (χ1n) is 5.33. The Morgan fingerprint density at radius 2 is 2.20 bits per heavy atom. The van der Waals surface area contributed by atoms with Crippen molar-refractivity contribution in [1.82, 2.24) is 10.6 Å². The second kappa shape index (κ2) is 5.70. The molecule has 0 aromatic rings. The van der Waals surface area contributed by atoms with Gasteiger partial charge in [0.15, 0.2) is 0 Å². The number of amides is 1. The first kappa shape index (κ1) is 12.0. The Morgan fingerprint density at radius 1 is 1.53 bits per heavy atom. The van der Waals surface area contributed by atoms with Crippen LogP contribution in [0.4, 0.5) is 0 Å². The van der Waals surface area contributed by atoms with Crippen LogP contribution in [0, 0.1) is 5.92 Å². The molecule has 1 unspecified atom stereocenters. The van der Waals surface area contributed by atoms with Gasteiger partial charge >= 0.3 is 5.97 Å². The third-order valence-corrected chi connectivity index (χ3v) is 2.62. The van der Waals surface area contributed by atoms with E-state index in [-0.39, 0.29) is 18.4 Å². The molecule has 5 nitrogen and oxygen atoms in total. The van der Waals surface area contributed by atoms with Crippen LogP contribution in [0.1, 0.15) is 26.2 Å². The van der Waals surface area contributed by atoms with Crippen LogP contribution in [0.15, 0.2) is 0 Å². The van der Waals surface area contributed by atoms with Gasteiger partial charge in [0.25, 0.3) is 0 Å². The molecule has 0 aliphatic carbocycles. The predicted molar refractivity (Wildman–Crippen MR) is 55.5 cm³/mol. The van der Waals surface area contributed by atoms with Crippen LogP contribution < -0.4 is 10.6 Å². The zero-order chi connectivity index (χ0) is 11.3. The molecule has 0 bridgehead atoms. The van der Waals surface area contributed by atoms with Gasteiger partial charge in [-0.25, -0.2) is 0 Å². The molecule has 1 aliphatic heterocycles. The third-order valence-electron chi connectivity index (χ3n) is 2.62. The molecule has 5 heteroatoms. The average Bonchev–Trinajstić information content (AvgIpc) is 2.09. The van der Waals surface area contributed by atoms with Gasteiger partial charge in [-0.1, -0.05) is 6.92 Å². The molecule has 1 saturated heterocycles. The maximum atomic E-state index is 11.5. The first-order chi connectivity index (χ1) is 7.11. The predicted octanol–water partition coefficient (Wildman–Crippen LogP) is -0.0346. The Balaban J connectivity index is 2.23. The summed E-state index contributed by atoms with van der Waals surface area (Å²) in [7, 11) is 0. The van der Waals surface area contributed by atoms with Crippen molar-refractivity contribution in [2.75, 3.05) is 13.1 Å². The summed E-state index contributed by atoms with van der Waals surface area (Å²) in [6.45, 7) is 3.66. The van der Waals surface area contributed by atoms with E-state index in [9.17, 15) is 9.59 Å². The van der Waals surface area contributed by atoms with Crippen molar-refractivity contribution in [3.05, 3.63) is 0 Å². The van der Waals surface area contributed by atoms with E-state index in [1.165, 1.54) is 0 Å². The van der Waals surface area contributed by atoms with Crippen molar-refractivity contribution in [2.45, 2.75) is 32.2 Å². The van der Waals surface area contributed by atoms with Crippen molar-refractivity contribution in [2.24, 2.45) is 5.92 Å². The summed E-state index contributed by atoms with van der Waals surface area (Å²) < 4.78 is 0. The van der Waals surface area contributed by atoms with E-state index in [0.29, 0.717) is 18.8 Å². The molecule has 1 amide bonds. The summed E-state index contributed by atoms with van der Waals surface area (Å²) in [6, 6.07) is -0.233. The van der Waals surface area contributed by atoms with Gasteiger partial charge in [-0.3, -0.25) is 9.59 Å². The molecule has 1 atom stereocenters. The Hall–Kier alpha value is -1.10. The highest BCUT2D eigenvalue weighted by Crippen LogP contribution is 2.08. The van der Waals surface area contributed by atoms with Gasteiger partial charge in [-0.2, -0.15) is 0 Å². The lowest BCUT2D eigenvalue weighted by atomic mass is 9.98. The molecule has 0 spiro atoms. The summed E-state index contributed by atoms with van der Waals surface area (Å²) in [5, 5.41) is 14.4. The fourth-order valence-electron chi connectivity index (χ4n) is 1.55. The minimum atomic E-state index is -0.868. The molecular weight excluding hydrogens is 196 g/mol. The smallest absolute Gasteiger partial charge is 0.305 e. The monoisotopic (exact) mass is 214 g/mol. The van der Waals surface area contributed by atoms with E-state index >= 15 is 0 Å². The van der Waals surface area contributed by atoms with E-state index in [1.54, 1.807) is 0 Å². The van der Waals surface area contributed by atoms with Gasteiger partial charge in [0, 0.05) is 12.5 Å². The number of carbonyl (C=O) groups is 2. The third kappa shape index (κ3) is 4.29. The van der Waals surface area contributed by atoms with Crippen LogP contribution in [0.2, 0.25) is 0 Å². The quantitative estimate of drug-likeness (QED) is 0.580. The van der Waals surface area contributed by atoms with Gasteiger partial charge in [0.05, 0.1) is 6.42 Å². The number of hydrogen-bond donors (Lipinski definition) is 3. The number of hydrogen-bond acceptors (Lipinski definition) is 3. The Labute approximate surface area is 89.2 Å². The molecule has 0 radical (unpaired) electrons. The van der Waals surface area contributed by atoms with Crippen LogP contribution in [0.3, 0.4) is 0 Å². The second-order valence-corrected chi connectivity index (χ2v) is 4.00. The lowest BCUT2D eigenvalue weighted by molar-refractivity contribution is -0.137. The molecule has 1 aliphatic rings. The van der Waals surface area contributed by atoms with Crippen molar-refractivity contribution in [1.29, 1.82) is 0 Å². The lowest BCUT2D eigenvalue weighted by Crippen LogP contribution is -2.46. The molecule has 15 heavy (non-hydrogen) atoms. The normalized spacial score (nSPS) is 17.9. The van der Waals surface area contributed by atoms with E-state index in [2.05, 4.69) is 10.6 Å². The number of carboxylic acids is 1. The van der Waals surface area contributed by atoms with Crippen molar-refractivity contribution >= 4 is 11.9 Å². The fraction of sp³-hybridized carbons (Fsp3) is 0.800. The highest BCUT2D eigenvalue weighted by molar-refractivity contribution is 5.77. The van der Waals surface area contributed by atoms with Gasteiger partial charge in [-0.15, -0.1) is 0 Å². The molecule has 1 heterocycles.